The third-order valence-electron chi connectivity index (χ3n) is 7.41. The van der Waals surface area contributed by atoms with Crippen LogP contribution in [0.4, 0.5) is 5.82 Å². The molecule has 8 nitrogen and oxygen atoms in total. The molecule has 1 aromatic carbocycles. The van der Waals surface area contributed by atoms with Gasteiger partial charge in [0.1, 0.15) is 23.5 Å². The minimum Gasteiger partial charge on any atom is -0.497 e. The minimum atomic E-state index is 0.0569. The van der Waals surface area contributed by atoms with E-state index in [0.29, 0.717) is 18.9 Å². The second kappa shape index (κ2) is 10.7. The van der Waals surface area contributed by atoms with Crippen LogP contribution in [0.25, 0.3) is 11.0 Å². The number of aromatic nitrogens is 3. The van der Waals surface area contributed by atoms with Crippen LogP contribution in [-0.2, 0) is 4.79 Å². The summed E-state index contributed by atoms with van der Waals surface area (Å²) in [5, 5.41) is 0.746. The second-order valence-corrected chi connectivity index (χ2v) is 10.0. The van der Waals surface area contributed by atoms with Crippen LogP contribution in [0.3, 0.4) is 0 Å². The van der Waals surface area contributed by atoms with Gasteiger partial charge in [0.05, 0.1) is 24.1 Å². The Labute approximate surface area is 218 Å². The number of aryl methyl sites for hydroxylation is 1. The number of anilines is 1. The van der Waals surface area contributed by atoms with Gasteiger partial charge in [0.25, 0.3) is 0 Å². The summed E-state index contributed by atoms with van der Waals surface area (Å²) in [7, 11) is 1.65. The molecule has 2 fully saturated rings. The Morgan fingerprint density at radius 2 is 2.05 bits per heavy atom. The van der Waals surface area contributed by atoms with Gasteiger partial charge in [-0.05, 0) is 49.6 Å². The lowest BCUT2D eigenvalue weighted by Gasteiger charge is -2.39. The van der Waals surface area contributed by atoms with Gasteiger partial charge in [-0.2, -0.15) is 0 Å². The summed E-state index contributed by atoms with van der Waals surface area (Å²) in [5.74, 6) is 8.52. The number of benzene rings is 1. The van der Waals surface area contributed by atoms with E-state index in [2.05, 4.69) is 38.2 Å². The van der Waals surface area contributed by atoms with Crippen molar-refractivity contribution in [3.63, 3.8) is 0 Å². The van der Waals surface area contributed by atoms with E-state index in [-0.39, 0.29) is 11.9 Å². The molecule has 2 aliphatic heterocycles. The predicted octanol–water partition coefficient (Wildman–Crippen LogP) is 3.40. The molecule has 2 aliphatic rings. The summed E-state index contributed by atoms with van der Waals surface area (Å²) >= 11 is 0. The first-order chi connectivity index (χ1) is 17.9. The predicted molar refractivity (Wildman–Crippen MR) is 145 cm³/mol. The normalized spacial score (nSPS) is 18.2. The van der Waals surface area contributed by atoms with Gasteiger partial charge in [0.15, 0.2) is 0 Å². The van der Waals surface area contributed by atoms with Crippen molar-refractivity contribution in [2.24, 2.45) is 5.92 Å². The molecule has 3 aromatic rings. The van der Waals surface area contributed by atoms with Crippen molar-refractivity contribution in [3.05, 3.63) is 59.6 Å². The third kappa shape index (κ3) is 5.32. The number of nitrogens with zero attached hydrogens (tertiary/aromatic N) is 5. The number of carbonyl (C=O) groups excluding carboxylic acids is 1. The molecule has 1 atom stereocenters. The molecule has 0 radical (unpaired) electrons. The van der Waals surface area contributed by atoms with E-state index in [9.17, 15) is 4.79 Å². The average molecular weight is 499 g/mol. The molecule has 8 heteroatoms. The molecule has 0 saturated carbocycles. The van der Waals surface area contributed by atoms with E-state index in [1.165, 1.54) is 19.2 Å². The molecule has 4 heterocycles. The first-order valence-corrected chi connectivity index (χ1v) is 12.9. The molecule has 1 amide bonds. The van der Waals surface area contributed by atoms with Crippen LogP contribution in [0, 0.1) is 24.7 Å². The topological polar surface area (TPSA) is 89.5 Å². The summed E-state index contributed by atoms with van der Waals surface area (Å²) in [5.41, 5.74) is 9.69. The lowest BCUT2D eigenvalue weighted by atomic mass is 10.1. The van der Waals surface area contributed by atoms with Gasteiger partial charge in [-0.25, -0.2) is 9.97 Å². The summed E-state index contributed by atoms with van der Waals surface area (Å²) in [6.07, 6.45) is 9.67. The van der Waals surface area contributed by atoms with Crippen molar-refractivity contribution in [2.45, 2.75) is 32.7 Å². The van der Waals surface area contributed by atoms with Crippen LogP contribution in [0.5, 0.6) is 5.75 Å². The Morgan fingerprint density at radius 1 is 1.22 bits per heavy atom. The van der Waals surface area contributed by atoms with Gasteiger partial charge < -0.3 is 19.9 Å². The minimum absolute atomic E-state index is 0.0569. The number of fused-ring (bicyclic) bond motifs is 1. The fourth-order valence-corrected chi connectivity index (χ4v) is 5.19. The fraction of sp³-hybridized carbons (Fsp3) is 0.414. The zero-order chi connectivity index (χ0) is 25.9. The Hall–Kier alpha value is -3.83. The number of nitrogen functional groups attached to an aromatic ring is 1. The number of methoxy groups -OCH3 is 1. The van der Waals surface area contributed by atoms with Crippen LogP contribution in [0.1, 0.15) is 42.5 Å². The molecule has 37 heavy (non-hydrogen) atoms. The Bertz CT molecular complexity index is 1390. The summed E-state index contributed by atoms with van der Waals surface area (Å²) < 4.78 is 7.45. The molecule has 0 bridgehead atoms. The number of likely N-dealkylation sites (tertiary alicyclic amines) is 2. The van der Waals surface area contributed by atoms with E-state index >= 15 is 0 Å². The monoisotopic (exact) mass is 498 g/mol. The lowest BCUT2D eigenvalue weighted by molar-refractivity contribution is -0.131. The summed E-state index contributed by atoms with van der Waals surface area (Å²) in [6, 6.07) is 6.01. The maximum absolute atomic E-state index is 12.7. The maximum Gasteiger partial charge on any atom is 0.246 e. The molecule has 2 N–H and O–H groups in total. The molecule has 2 saturated heterocycles. The van der Waals surface area contributed by atoms with E-state index in [1.54, 1.807) is 13.2 Å². The molecule has 2 aromatic heterocycles. The fourth-order valence-electron chi connectivity index (χ4n) is 5.19. The first-order valence-electron chi connectivity index (χ1n) is 12.9. The number of nitrogens with two attached hydrogens (primary N) is 1. The molecule has 0 aliphatic carbocycles. The number of carbonyl (C=O) groups is 1. The maximum atomic E-state index is 12.7. The average Bonchev–Trinajstić information content (AvgIpc) is 3.47. The van der Waals surface area contributed by atoms with Crippen LogP contribution in [-0.4, -0.2) is 70.1 Å². The van der Waals surface area contributed by atoms with Crippen molar-refractivity contribution >= 4 is 22.8 Å². The molecular weight excluding hydrogens is 464 g/mol. The zero-order valence-corrected chi connectivity index (χ0v) is 21.8. The molecule has 0 spiro atoms. The summed E-state index contributed by atoms with van der Waals surface area (Å²) in [4.78, 5) is 25.7. The molecular formula is C29H34N6O2. The van der Waals surface area contributed by atoms with Crippen LogP contribution < -0.4 is 10.5 Å². The van der Waals surface area contributed by atoms with Crippen molar-refractivity contribution < 1.29 is 9.53 Å². The number of rotatable bonds is 6. The largest absolute Gasteiger partial charge is 0.497 e. The molecule has 1 unspecified atom stereocenters. The Kier molecular flexibility index (Phi) is 7.15. The van der Waals surface area contributed by atoms with Gasteiger partial charge in [-0.3, -0.25) is 9.69 Å². The zero-order valence-electron chi connectivity index (χ0n) is 21.8. The van der Waals surface area contributed by atoms with Gasteiger partial charge in [0.2, 0.25) is 5.91 Å². The van der Waals surface area contributed by atoms with Crippen molar-refractivity contribution in [3.8, 4) is 17.6 Å². The standard InChI is InChI=1S/C29H34N6O2/c1-4-21-9-11-33(15-21)10-5-6-26(36)34-17-24(18-34)35-16-23(27-28(30)31-19-32-29(27)35)8-7-22-12-20(2)13-25(14-22)37-3/h5-6,12-14,16,19,21,24H,4,9-11,15,17-18H2,1-3H3,(H2,30,31,32)/b6-5+. The van der Waals surface area contributed by atoms with Crippen LogP contribution in [0.15, 0.2) is 42.9 Å². The van der Waals surface area contributed by atoms with Crippen LogP contribution >= 0.6 is 0 Å². The number of hydrogen-bond donors (Lipinski definition) is 1. The van der Waals surface area contributed by atoms with Crippen molar-refractivity contribution in [1.82, 2.24) is 24.3 Å². The van der Waals surface area contributed by atoms with E-state index in [1.807, 2.05) is 42.3 Å². The van der Waals surface area contributed by atoms with Crippen molar-refractivity contribution in [2.75, 3.05) is 45.6 Å². The van der Waals surface area contributed by atoms with Crippen LogP contribution in [0.2, 0.25) is 0 Å². The van der Waals surface area contributed by atoms with Crippen molar-refractivity contribution in [1.29, 1.82) is 0 Å². The number of hydrogen-bond acceptors (Lipinski definition) is 6. The number of amides is 1. The SMILES string of the molecule is CCC1CCN(C/C=C/C(=O)N2CC(n3cc(C#Cc4cc(C)cc(OC)c4)c4c(N)ncnc43)C2)C1. The molecule has 5 rings (SSSR count). The van der Waals surface area contributed by atoms with Gasteiger partial charge in [-0.1, -0.05) is 31.3 Å². The second-order valence-electron chi connectivity index (χ2n) is 10.0. The highest BCUT2D eigenvalue weighted by atomic mass is 16.5. The third-order valence-corrected chi connectivity index (χ3v) is 7.41. The summed E-state index contributed by atoms with van der Waals surface area (Å²) in [6.45, 7) is 8.61. The Balaban J connectivity index is 1.29. The van der Waals surface area contributed by atoms with Gasteiger partial charge in [-0.15, -0.1) is 0 Å². The van der Waals surface area contributed by atoms with Gasteiger partial charge in [0, 0.05) is 44.0 Å². The van der Waals surface area contributed by atoms with Gasteiger partial charge >= 0.3 is 0 Å². The smallest absolute Gasteiger partial charge is 0.246 e. The van der Waals surface area contributed by atoms with E-state index in [0.717, 1.165) is 59.0 Å². The highest BCUT2D eigenvalue weighted by molar-refractivity contribution is 5.93. The highest BCUT2D eigenvalue weighted by Gasteiger charge is 2.32. The van der Waals surface area contributed by atoms with E-state index in [4.69, 9.17) is 10.5 Å². The highest BCUT2D eigenvalue weighted by Crippen LogP contribution is 2.30. The quantitative estimate of drug-likeness (QED) is 0.414. The first kappa shape index (κ1) is 24.8. The van der Waals surface area contributed by atoms with E-state index < -0.39 is 0 Å². The molecule has 192 valence electrons. The lowest BCUT2D eigenvalue weighted by Crippen LogP contribution is -2.50. The Morgan fingerprint density at radius 3 is 2.81 bits per heavy atom. The number of ether oxygens (including phenoxy) is 1.